The van der Waals surface area contributed by atoms with Crippen LogP contribution in [0.4, 0.5) is 0 Å². The molecule has 0 radical (unpaired) electrons. The first kappa shape index (κ1) is 14.8. The Kier molecular flexibility index (Phi) is 7.88. The van der Waals surface area contributed by atoms with Crippen molar-refractivity contribution in [2.45, 2.75) is 33.6 Å². The van der Waals surface area contributed by atoms with Crippen molar-refractivity contribution in [1.29, 1.82) is 0 Å². The molecule has 0 aromatic heterocycles. The first-order valence-corrected chi connectivity index (χ1v) is 6.59. The Bertz CT molecular complexity index is 219. The van der Waals surface area contributed by atoms with Gasteiger partial charge in [-0.2, -0.15) is 0 Å². The lowest BCUT2D eigenvalue weighted by molar-refractivity contribution is -0.121. The van der Waals surface area contributed by atoms with Gasteiger partial charge in [-0.15, -0.1) is 0 Å². The molecular weight excluding hydrogens is 219 g/mol. The van der Waals surface area contributed by atoms with Crippen LogP contribution in [-0.4, -0.2) is 25.6 Å². The second-order valence-electron chi connectivity index (χ2n) is 2.84. The van der Waals surface area contributed by atoms with Gasteiger partial charge in [0.1, 0.15) is 6.61 Å². The third-order valence-electron chi connectivity index (χ3n) is 1.49. The van der Waals surface area contributed by atoms with E-state index >= 15 is 0 Å². The minimum Gasteiger partial charge on any atom is -0.297 e. The van der Waals surface area contributed by atoms with Crippen LogP contribution in [0.1, 0.15) is 33.6 Å². The van der Waals surface area contributed by atoms with E-state index in [1.807, 2.05) is 6.92 Å². The number of ketones is 1. The molecule has 0 aliphatic rings. The van der Waals surface area contributed by atoms with Crippen molar-refractivity contribution in [2.24, 2.45) is 0 Å². The zero-order valence-electron chi connectivity index (χ0n) is 9.52. The highest BCUT2D eigenvalue weighted by Gasteiger charge is 2.26. The average molecular weight is 238 g/mol. The van der Waals surface area contributed by atoms with Gasteiger partial charge >= 0.3 is 7.82 Å². The summed E-state index contributed by atoms with van der Waals surface area (Å²) < 4.78 is 26.3. The van der Waals surface area contributed by atoms with Gasteiger partial charge in [0.2, 0.25) is 0 Å². The Hall–Kier alpha value is -0.220. The number of phosphoric acid groups is 1. The quantitative estimate of drug-likeness (QED) is 0.577. The zero-order chi connectivity index (χ0) is 11.7. The van der Waals surface area contributed by atoms with Gasteiger partial charge < -0.3 is 0 Å². The van der Waals surface area contributed by atoms with E-state index in [-0.39, 0.29) is 25.6 Å². The predicted molar refractivity (Wildman–Crippen MR) is 56.7 cm³/mol. The Labute approximate surface area is 90.7 Å². The fraction of sp³-hybridized carbons (Fsp3) is 0.889. The molecule has 0 aliphatic heterocycles. The van der Waals surface area contributed by atoms with E-state index in [1.165, 1.54) is 0 Å². The molecule has 0 spiro atoms. The lowest BCUT2D eigenvalue weighted by Gasteiger charge is -2.15. The monoisotopic (exact) mass is 238 g/mol. The molecule has 0 aromatic carbocycles. The zero-order valence-corrected chi connectivity index (χ0v) is 10.4. The normalized spacial score (nSPS) is 11.7. The summed E-state index contributed by atoms with van der Waals surface area (Å²) >= 11 is 0. The summed E-state index contributed by atoms with van der Waals surface area (Å²) in [6.45, 7) is 5.48. The molecule has 6 heteroatoms. The van der Waals surface area contributed by atoms with E-state index in [9.17, 15) is 9.36 Å². The van der Waals surface area contributed by atoms with Gasteiger partial charge in [-0.1, -0.05) is 6.92 Å². The molecular formula is C9H19O5P. The standard InChI is InChI=1S/C9H19O5P/c1-4-7-9(10)8-14-15(11,12-5-2)13-6-3/h4-8H2,1-3H3. The van der Waals surface area contributed by atoms with Gasteiger partial charge in [0.15, 0.2) is 5.78 Å². The van der Waals surface area contributed by atoms with Crippen molar-refractivity contribution in [3.63, 3.8) is 0 Å². The highest BCUT2D eigenvalue weighted by molar-refractivity contribution is 7.48. The molecule has 0 saturated carbocycles. The molecule has 0 N–H and O–H groups in total. The fourth-order valence-corrected chi connectivity index (χ4v) is 2.09. The van der Waals surface area contributed by atoms with Crippen molar-refractivity contribution >= 4 is 13.6 Å². The Balaban J connectivity index is 4.06. The summed E-state index contributed by atoms with van der Waals surface area (Å²) in [6.07, 6.45) is 1.16. The number of carbonyl (C=O) groups excluding carboxylic acids is 1. The fourth-order valence-electron chi connectivity index (χ4n) is 0.930. The van der Waals surface area contributed by atoms with Gasteiger partial charge in [-0.25, -0.2) is 4.57 Å². The Morgan fingerprint density at radius 3 is 2.00 bits per heavy atom. The first-order chi connectivity index (χ1) is 7.08. The SMILES string of the molecule is CCCC(=O)COP(=O)(OCC)OCC. The molecule has 0 fully saturated rings. The number of rotatable bonds is 9. The molecule has 0 atom stereocenters. The van der Waals surface area contributed by atoms with E-state index in [2.05, 4.69) is 0 Å². The highest BCUT2D eigenvalue weighted by Crippen LogP contribution is 2.49. The van der Waals surface area contributed by atoms with Crippen LogP contribution in [0.3, 0.4) is 0 Å². The van der Waals surface area contributed by atoms with E-state index < -0.39 is 7.82 Å². The van der Waals surface area contributed by atoms with Gasteiger partial charge in [0.05, 0.1) is 13.2 Å². The minimum absolute atomic E-state index is 0.0999. The lowest BCUT2D eigenvalue weighted by atomic mass is 10.2. The lowest BCUT2D eigenvalue weighted by Crippen LogP contribution is -2.09. The molecule has 90 valence electrons. The van der Waals surface area contributed by atoms with Gasteiger partial charge in [-0.3, -0.25) is 18.4 Å². The Morgan fingerprint density at radius 1 is 1.07 bits per heavy atom. The Morgan fingerprint density at radius 2 is 1.60 bits per heavy atom. The third kappa shape index (κ3) is 6.79. The van der Waals surface area contributed by atoms with Crippen LogP contribution in [0.5, 0.6) is 0 Å². The molecule has 15 heavy (non-hydrogen) atoms. The van der Waals surface area contributed by atoms with Crippen molar-refractivity contribution in [3.05, 3.63) is 0 Å². The molecule has 0 heterocycles. The van der Waals surface area contributed by atoms with Crippen LogP contribution in [0, 0.1) is 0 Å². The number of hydrogen-bond donors (Lipinski definition) is 0. The highest BCUT2D eigenvalue weighted by atomic mass is 31.2. The van der Waals surface area contributed by atoms with E-state index in [4.69, 9.17) is 13.6 Å². The van der Waals surface area contributed by atoms with E-state index in [0.29, 0.717) is 6.42 Å². The predicted octanol–water partition coefficient (Wildman–Crippen LogP) is 2.55. The van der Waals surface area contributed by atoms with Crippen LogP contribution in [0.25, 0.3) is 0 Å². The largest absolute Gasteiger partial charge is 0.475 e. The summed E-state index contributed by atoms with van der Waals surface area (Å²) in [5.41, 5.74) is 0. The van der Waals surface area contributed by atoms with Crippen molar-refractivity contribution in [3.8, 4) is 0 Å². The molecule has 0 amide bonds. The number of carbonyl (C=O) groups is 1. The summed E-state index contributed by atoms with van der Waals surface area (Å²) in [6, 6.07) is 0. The van der Waals surface area contributed by atoms with E-state index in [0.717, 1.165) is 6.42 Å². The summed E-state index contributed by atoms with van der Waals surface area (Å²) in [5, 5.41) is 0. The van der Waals surface area contributed by atoms with Crippen LogP contribution in [0.15, 0.2) is 0 Å². The molecule has 0 aliphatic carbocycles. The topological polar surface area (TPSA) is 61.8 Å². The van der Waals surface area contributed by atoms with Crippen molar-refractivity contribution in [2.75, 3.05) is 19.8 Å². The van der Waals surface area contributed by atoms with Gasteiger partial charge in [-0.05, 0) is 20.3 Å². The summed E-state index contributed by atoms with van der Waals surface area (Å²) in [5.74, 6) is -0.0999. The number of hydrogen-bond acceptors (Lipinski definition) is 5. The summed E-state index contributed by atoms with van der Waals surface area (Å²) in [7, 11) is -3.52. The van der Waals surface area contributed by atoms with E-state index in [1.54, 1.807) is 13.8 Å². The maximum absolute atomic E-state index is 11.7. The number of phosphoric ester groups is 1. The minimum atomic E-state index is -3.52. The maximum atomic E-state index is 11.7. The molecule has 0 unspecified atom stereocenters. The molecule has 0 rings (SSSR count). The van der Waals surface area contributed by atoms with Crippen LogP contribution in [-0.2, 0) is 22.9 Å². The average Bonchev–Trinajstić information content (AvgIpc) is 2.16. The second-order valence-corrected chi connectivity index (χ2v) is 4.51. The van der Waals surface area contributed by atoms with Crippen LogP contribution < -0.4 is 0 Å². The van der Waals surface area contributed by atoms with Crippen LogP contribution >= 0.6 is 7.82 Å². The summed E-state index contributed by atoms with van der Waals surface area (Å²) in [4.78, 5) is 11.1. The van der Waals surface area contributed by atoms with Gasteiger partial charge in [0, 0.05) is 6.42 Å². The molecule has 0 saturated heterocycles. The van der Waals surface area contributed by atoms with Crippen molar-refractivity contribution in [1.82, 2.24) is 0 Å². The molecule has 0 aromatic rings. The first-order valence-electron chi connectivity index (χ1n) is 5.13. The maximum Gasteiger partial charge on any atom is 0.475 e. The van der Waals surface area contributed by atoms with Crippen molar-refractivity contribution < 1.29 is 22.9 Å². The second kappa shape index (κ2) is 7.99. The third-order valence-corrected chi connectivity index (χ3v) is 3.08. The molecule has 0 bridgehead atoms. The van der Waals surface area contributed by atoms with Gasteiger partial charge in [0.25, 0.3) is 0 Å². The smallest absolute Gasteiger partial charge is 0.297 e. The van der Waals surface area contributed by atoms with Crippen LogP contribution in [0.2, 0.25) is 0 Å². The molecule has 5 nitrogen and oxygen atoms in total. The number of Topliss-reactive ketones (excluding diaryl/α,β-unsaturated/α-hetero) is 1.